The molecule has 0 atom stereocenters. The summed E-state index contributed by atoms with van der Waals surface area (Å²) in [4.78, 5) is 4.44. The number of rotatable bonds is 11. The fraction of sp³-hybridized carbons (Fsp3) is 0.419. The van der Waals surface area contributed by atoms with Crippen molar-refractivity contribution in [1.82, 2.24) is 4.90 Å². The maximum absolute atomic E-state index is 15.1. The van der Waals surface area contributed by atoms with E-state index >= 15 is 4.39 Å². The van der Waals surface area contributed by atoms with Gasteiger partial charge in [-0.05, 0) is 66.8 Å². The predicted molar refractivity (Wildman–Crippen MR) is 149 cm³/mol. The second-order valence-corrected chi connectivity index (χ2v) is 11.0. The summed E-state index contributed by atoms with van der Waals surface area (Å²) in [5.74, 6) is 0.692. The Kier molecular flexibility index (Phi) is 8.39. The molecule has 1 saturated carbocycles. The average molecular weight is 541 g/mol. The number of phenolic OH excluding ortho intramolecular Hbond substituents is 1. The third-order valence-corrected chi connectivity index (χ3v) is 8.39. The van der Waals surface area contributed by atoms with Crippen LogP contribution in [0.5, 0.6) is 11.5 Å². The summed E-state index contributed by atoms with van der Waals surface area (Å²) in [6, 6.07) is 20.5. The van der Waals surface area contributed by atoms with Crippen molar-refractivity contribution in [2.45, 2.75) is 50.2 Å². The minimum Gasteiger partial charge on any atom is -0.506 e. The van der Waals surface area contributed by atoms with Crippen LogP contribution in [-0.4, -0.2) is 49.0 Å². The van der Waals surface area contributed by atoms with Crippen LogP contribution in [0.4, 0.5) is 14.5 Å². The minimum absolute atomic E-state index is 0.0543. The lowest BCUT2D eigenvalue weighted by molar-refractivity contribution is 0.0184. The molecule has 4 nitrogen and oxygen atoms in total. The Bertz CT molecular complexity index is 1210. The number of alkyl halides is 1. The van der Waals surface area contributed by atoms with Gasteiger partial charge in [-0.1, -0.05) is 54.8 Å². The van der Waals surface area contributed by atoms with Gasteiger partial charge in [0.15, 0.2) is 0 Å². The van der Waals surface area contributed by atoms with Crippen molar-refractivity contribution >= 4 is 17.3 Å². The first-order valence-corrected chi connectivity index (χ1v) is 13.9. The molecule has 1 heterocycles. The quantitative estimate of drug-likeness (QED) is 0.281. The standard InChI is InChI=1S/C31H35ClF2N2O2/c32-30-23(7-5-10-29(30)37)19-36(22-31(15-3-4-16-31)27-8-1-2-9-28(27)34)24-11-13-25(14-12-24)38-26-20-35(21-26)18-6-17-33/h1-2,5,7-14,26,37H,3-4,6,15-22H2. The number of anilines is 1. The summed E-state index contributed by atoms with van der Waals surface area (Å²) in [6.45, 7) is 3.23. The van der Waals surface area contributed by atoms with Crippen LogP contribution in [0.1, 0.15) is 43.2 Å². The van der Waals surface area contributed by atoms with Crippen LogP contribution in [0.3, 0.4) is 0 Å². The van der Waals surface area contributed by atoms with E-state index in [4.69, 9.17) is 16.3 Å². The number of nitrogens with zero attached hydrogens (tertiary/aromatic N) is 2. The van der Waals surface area contributed by atoms with E-state index in [-0.39, 0.29) is 29.8 Å². The monoisotopic (exact) mass is 540 g/mol. The highest BCUT2D eigenvalue weighted by Gasteiger charge is 2.39. The van der Waals surface area contributed by atoms with Gasteiger partial charge in [0.2, 0.25) is 0 Å². The van der Waals surface area contributed by atoms with E-state index in [0.717, 1.165) is 67.9 Å². The summed E-state index contributed by atoms with van der Waals surface area (Å²) in [7, 11) is 0. The maximum Gasteiger partial charge on any atom is 0.134 e. The molecule has 7 heteroatoms. The largest absolute Gasteiger partial charge is 0.506 e. The molecule has 3 aromatic rings. The van der Waals surface area contributed by atoms with Crippen molar-refractivity contribution in [3.63, 3.8) is 0 Å². The van der Waals surface area contributed by atoms with Gasteiger partial charge in [-0.25, -0.2) is 4.39 Å². The first kappa shape index (κ1) is 26.8. The summed E-state index contributed by atoms with van der Waals surface area (Å²) >= 11 is 6.49. The van der Waals surface area contributed by atoms with Gasteiger partial charge < -0.3 is 14.7 Å². The number of ether oxygens (including phenoxy) is 1. The van der Waals surface area contributed by atoms with E-state index in [1.54, 1.807) is 24.3 Å². The Morgan fingerprint density at radius 1 is 1.00 bits per heavy atom. The third-order valence-electron chi connectivity index (χ3n) is 7.96. The molecule has 202 valence electrons. The van der Waals surface area contributed by atoms with Crippen LogP contribution in [0.15, 0.2) is 66.7 Å². The van der Waals surface area contributed by atoms with Gasteiger partial charge in [0.25, 0.3) is 0 Å². The van der Waals surface area contributed by atoms with Crippen LogP contribution >= 0.6 is 11.6 Å². The Morgan fingerprint density at radius 3 is 2.45 bits per heavy atom. The van der Waals surface area contributed by atoms with Crippen molar-refractivity contribution in [1.29, 1.82) is 0 Å². The summed E-state index contributed by atoms with van der Waals surface area (Å²) in [5, 5.41) is 10.5. The molecule has 0 unspecified atom stereocenters. The first-order chi connectivity index (χ1) is 18.5. The van der Waals surface area contributed by atoms with E-state index < -0.39 is 0 Å². The number of halogens is 3. The molecule has 5 rings (SSSR count). The lowest BCUT2D eigenvalue weighted by atomic mass is 9.78. The number of hydrogen-bond donors (Lipinski definition) is 1. The number of benzene rings is 3. The van der Waals surface area contributed by atoms with Gasteiger partial charge in [0.05, 0.1) is 11.7 Å². The smallest absolute Gasteiger partial charge is 0.134 e. The van der Waals surface area contributed by atoms with Crippen LogP contribution in [-0.2, 0) is 12.0 Å². The van der Waals surface area contributed by atoms with Crippen LogP contribution in [0.2, 0.25) is 5.02 Å². The predicted octanol–water partition coefficient (Wildman–Crippen LogP) is 7.13. The second kappa shape index (κ2) is 11.9. The highest BCUT2D eigenvalue weighted by atomic mass is 35.5. The van der Waals surface area contributed by atoms with Crippen molar-refractivity contribution in [2.75, 3.05) is 37.8 Å². The fourth-order valence-corrected chi connectivity index (χ4v) is 6.13. The lowest BCUT2D eigenvalue weighted by Crippen LogP contribution is -2.53. The van der Waals surface area contributed by atoms with Crippen molar-refractivity contribution in [3.8, 4) is 11.5 Å². The highest BCUT2D eigenvalue weighted by Crippen LogP contribution is 2.44. The molecule has 2 aliphatic rings. The third kappa shape index (κ3) is 5.92. The van der Waals surface area contributed by atoms with Crippen molar-refractivity contribution in [2.24, 2.45) is 0 Å². The minimum atomic E-state index is -0.307. The Morgan fingerprint density at radius 2 is 1.74 bits per heavy atom. The van der Waals surface area contributed by atoms with Gasteiger partial charge in [0.1, 0.15) is 23.4 Å². The second-order valence-electron chi connectivity index (χ2n) is 10.6. The molecular weight excluding hydrogens is 506 g/mol. The molecule has 0 radical (unpaired) electrons. The number of hydrogen-bond acceptors (Lipinski definition) is 4. The molecule has 0 spiro atoms. The maximum atomic E-state index is 15.1. The molecule has 0 amide bonds. The molecule has 0 aromatic heterocycles. The zero-order chi connectivity index (χ0) is 26.5. The molecule has 0 bridgehead atoms. The van der Waals surface area contributed by atoms with Gasteiger partial charge in [-0.3, -0.25) is 9.29 Å². The molecule has 1 N–H and O–H groups in total. The molecule has 3 aromatic carbocycles. The summed E-state index contributed by atoms with van der Waals surface area (Å²) in [6.07, 6.45) is 4.64. The highest BCUT2D eigenvalue weighted by molar-refractivity contribution is 6.32. The Balaban J connectivity index is 1.38. The molecular formula is C31H35ClF2N2O2. The van der Waals surface area contributed by atoms with Gasteiger partial charge in [-0.2, -0.15) is 0 Å². The average Bonchev–Trinajstić information content (AvgIpc) is 3.37. The van der Waals surface area contributed by atoms with E-state index in [0.29, 0.717) is 24.5 Å². The SMILES string of the molecule is Oc1cccc(CN(CC2(c3ccccc3F)CCCC2)c2ccc(OC3CN(CCCF)C3)cc2)c1Cl. The van der Waals surface area contributed by atoms with E-state index in [1.807, 2.05) is 42.5 Å². The Labute approximate surface area is 228 Å². The molecule has 1 aliphatic heterocycles. The number of likely N-dealkylation sites (tertiary alicyclic amines) is 1. The van der Waals surface area contributed by atoms with Gasteiger partial charge >= 0.3 is 0 Å². The number of aromatic hydroxyl groups is 1. The molecule has 2 fully saturated rings. The molecule has 1 aliphatic carbocycles. The van der Waals surface area contributed by atoms with Crippen LogP contribution < -0.4 is 9.64 Å². The first-order valence-electron chi connectivity index (χ1n) is 13.5. The summed E-state index contributed by atoms with van der Waals surface area (Å²) < 4.78 is 33.6. The lowest BCUT2D eigenvalue weighted by Gasteiger charge is -2.39. The molecule has 1 saturated heterocycles. The van der Waals surface area contributed by atoms with Crippen molar-refractivity contribution in [3.05, 3.63) is 88.7 Å². The molecule has 38 heavy (non-hydrogen) atoms. The van der Waals surface area contributed by atoms with Gasteiger partial charge in [0, 0.05) is 43.8 Å². The zero-order valence-electron chi connectivity index (χ0n) is 21.6. The van der Waals surface area contributed by atoms with E-state index in [2.05, 4.69) is 9.80 Å². The zero-order valence-corrected chi connectivity index (χ0v) is 22.3. The summed E-state index contributed by atoms with van der Waals surface area (Å²) in [5.41, 5.74) is 2.26. The Hall–Kier alpha value is -2.83. The van der Waals surface area contributed by atoms with Crippen LogP contribution in [0, 0.1) is 5.82 Å². The topological polar surface area (TPSA) is 35.9 Å². The van der Waals surface area contributed by atoms with E-state index in [9.17, 15) is 9.50 Å². The fourth-order valence-electron chi connectivity index (χ4n) is 5.94. The normalized spacial score (nSPS) is 17.3. The van der Waals surface area contributed by atoms with E-state index in [1.165, 1.54) is 0 Å². The van der Waals surface area contributed by atoms with Crippen LogP contribution in [0.25, 0.3) is 0 Å². The number of phenols is 1. The van der Waals surface area contributed by atoms with Gasteiger partial charge in [-0.15, -0.1) is 0 Å². The van der Waals surface area contributed by atoms with Crippen molar-refractivity contribution < 1.29 is 18.6 Å².